The zero-order valence-electron chi connectivity index (χ0n) is 15.8. The van der Waals surface area contributed by atoms with E-state index in [0.717, 1.165) is 0 Å². The molecule has 3 aromatic rings. The van der Waals surface area contributed by atoms with Crippen LogP contribution in [-0.4, -0.2) is 21.2 Å². The van der Waals surface area contributed by atoms with Gasteiger partial charge >= 0.3 is 6.03 Å². The maximum atomic E-state index is 12.2. The molecule has 2 amide bonds. The number of aromatic nitrogens is 3. The Kier molecular flexibility index (Phi) is 5.27. The van der Waals surface area contributed by atoms with E-state index in [-0.39, 0.29) is 5.41 Å². The predicted molar refractivity (Wildman–Crippen MR) is 107 cm³/mol. The predicted octanol–water partition coefficient (Wildman–Crippen LogP) is 3.39. The Labute approximate surface area is 162 Å². The minimum atomic E-state index is -0.431. The molecule has 0 aliphatic rings. The standard InChI is InChI=1S/C20H20N6O2/c1-20(2,3)16-10-17(26-28-16)25-19(27)24-15-6-4-5-13(9-15)7-8-14-11-22-12-23-18(14)21/h4-6,9-12H,1-3H3,(H2,21,22,23)(H2,24,25,26,27). The first-order valence-corrected chi connectivity index (χ1v) is 8.54. The summed E-state index contributed by atoms with van der Waals surface area (Å²) in [6.07, 6.45) is 2.91. The maximum absolute atomic E-state index is 12.2. The fourth-order valence-corrected chi connectivity index (χ4v) is 2.22. The molecule has 0 fully saturated rings. The number of benzene rings is 1. The number of hydrogen-bond acceptors (Lipinski definition) is 6. The summed E-state index contributed by atoms with van der Waals surface area (Å²) in [7, 11) is 0. The molecule has 1 aromatic carbocycles. The van der Waals surface area contributed by atoms with Gasteiger partial charge in [-0.05, 0) is 18.2 Å². The van der Waals surface area contributed by atoms with E-state index in [9.17, 15) is 4.79 Å². The lowest BCUT2D eigenvalue weighted by atomic mass is 9.93. The third kappa shape index (κ3) is 4.86. The van der Waals surface area contributed by atoms with Gasteiger partial charge in [0.2, 0.25) is 0 Å². The van der Waals surface area contributed by atoms with E-state index in [4.69, 9.17) is 10.3 Å². The number of rotatable bonds is 2. The van der Waals surface area contributed by atoms with Crippen molar-refractivity contribution in [3.8, 4) is 11.8 Å². The fourth-order valence-electron chi connectivity index (χ4n) is 2.22. The Bertz CT molecular complexity index is 1060. The van der Waals surface area contributed by atoms with Crippen molar-refractivity contribution in [3.63, 3.8) is 0 Å². The Balaban J connectivity index is 1.67. The van der Waals surface area contributed by atoms with Crippen molar-refractivity contribution in [2.24, 2.45) is 0 Å². The van der Waals surface area contributed by atoms with Gasteiger partial charge in [-0.1, -0.05) is 43.8 Å². The molecule has 2 aromatic heterocycles. The smallest absolute Gasteiger partial charge is 0.324 e. The number of hydrogen-bond donors (Lipinski definition) is 3. The average molecular weight is 376 g/mol. The Morgan fingerprint density at radius 2 is 2.00 bits per heavy atom. The molecule has 142 valence electrons. The summed E-state index contributed by atoms with van der Waals surface area (Å²) in [6.45, 7) is 6.00. The van der Waals surface area contributed by atoms with E-state index in [1.165, 1.54) is 6.33 Å². The molecule has 0 unspecified atom stereocenters. The Morgan fingerprint density at radius 1 is 1.18 bits per heavy atom. The van der Waals surface area contributed by atoms with Crippen molar-refractivity contribution in [1.82, 2.24) is 15.1 Å². The van der Waals surface area contributed by atoms with Crippen molar-refractivity contribution in [2.45, 2.75) is 26.2 Å². The zero-order chi connectivity index (χ0) is 20.1. The van der Waals surface area contributed by atoms with Gasteiger partial charge in [0.25, 0.3) is 0 Å². The third-order valence-corrected chi connectivity index (χ3v) is 3.70. The summed E-state index contributed by atoms with van der Waals surface area (Å²) in [5.74, 6) is 7.24. The minimum Gasteiger partial charge on any atom is -0.383 e. The van der Waals surface area contributed by atoms with Crippen LogP contribution >= 0.6 is 0 Å². The molecule has 0 spiro atoms. The van der Waals surface area contributed by atoms with Gasteiger partial charge in [-0.15, -0.1) is 0 Å². The molecule has 0 atom stereocenters. The molecule has 0 bridgehead atoms. The number of nitrogens with one attached hydrogen (secondary N) is 2. The highest BCUT2D eigenvalue weighted by Gasteiger charge is 2.20. The van der Waals surface area contributed by atoms with Gasteiger partial charge in [0, 0.05) is 28.9 Å². The van der Waals surface area contributed by atoms with Crippen molar-refractivity contribution in [2.75, 3.05) is 16.4 Å². The van der Waals surface area contributed by atoms with Crippen LogP contribution in [0.5, 0.6) is 0 Å². The van der Waals surface area contributed by atoms with E-state index in [2.05, 4.69) is 37.6 Å². The number of nitrogen functional groups attached to an aromatic ring is 1. The summed E-state index contributed by atoms with van der Waals surface area (Å²) in [6, 6.07) is 8.39. The molecule has 0 saturated carbocycles. The van der Waals surface area contributed by atoms with Gasteiger partial charge in [-0.3, -0.25) is 5.32 Å². The second-order valence-corrected chi connectivity index (χ2v) is 7.06. The monoisotopic (exact) mass is 376 g/mol. The lowest BCUT2D eigenvalue weighted by Gasteiger charge is -2.12. The molecule has 0 saturated heterocycles. The molecule has 0 aliphatic carbocycles. The summed E-state index contributed by atoms with van der Waals surface area (Å²) < 4.78 is 5.25. The number of carbonyl (C=O) groups excluding carboxylic acids is 1. The molecular formula is C20H20N6O2. The summed E-state index contributed by atoms with van der Waals surface area (Å²) in [4.78, 5) is 20.0. The van der Waals surface area contributed by atoms with Crippen molar-refractivity contribution >= 4 is 23.4 Å². The first kappa shape index (κ1) is 18.9. The van der Waals surface area contributed by atoms with Gasteiger partial charge < -0.3 is 15.6 Å². The lowest BCUT2D eigenvalue weighted by Crippen LogP contribution is -2.19. The van der Waals surface area contributed by atoms with E-state index in [1.54, 1.807) is 30.5 Å². The fraction of sp³-hybridized carbons (Fsp3) is 0.200. The maximum Gasteiger partial charge on any atom is 0.324 e. The number of nitrogens with two attached hydrogens (primary N) is 1. The van der Waals surface area contributed by atoms with Crippen LogP contribution in [0.25, 0.3) is 0 Å². The topological polar surface area (TPSA) is 119 Å². The zero-order valence-corrected chi connectivity index (χ0v) is 15.8. The molecule has 8 heteroatoms. The van der Waals surface area contributed by atoms with Crippen LogP contribution in [0.4, 0.5) is 22.1 Å². The minimum absolute atomic E-state index is 0.191. The number of amides is 2. The van der Waals surface area contributed by atoms with Crippen molar-refractivity contribution < 1.29 is 9.32 Å². The number of carbonyl (C=O) groups is 1. The van der Waals surface area contributed by atoms with Crippen LogP contribution < -0.4 is 16.4 Å². The molecular weight excluding hydrogens is 356 g/mol. The van der Waals surface area contributed by atoms with E-state index in [0.29, 0.717) is 34.2 Å². The van der Waals surface area contributed by atoms with Crippen LogP contribution in [0.15, 0.2) is 47.4 Å². The van der Waals surface area contributed by atoms with Crippen molar-refractivity contribution in [3.05, 3.63) is 59.7 Å². The number of anilines is 3. The summed E-state index contributed by atoms with van der Waals surface area (Å²) >= 11 is 0. The van der Waals surface area contributed by atoms with Gasteiger partial charge in [0.1, 0.15) is 17.9 Å². The molecule has 4 N–H and O–H groups in total. The third-order valence-electron chi connectivity index (χ3n) is 3.70. The normalized spacial score (nSPS) is 10.7. The molecule has 0 radical (unpaired) electrons. The SMILES string of the molecule is CC(C)(C)c1cc(NC(=O)Nc2cccc(C#Cc3cncnc3N)c2)no1. The van der Waals surface area contributed by atoms with Gasteiger partial charge in [-0.25, -0.2) is 14.8 Å². The molecule has 8 nitrogen and oxygen atoms in total. The van der Waals surface area contributed by atoms with Crippen LogP contribution in [-0.2, 0) is 5.41 Å². The average Bonchev–Trinajstić information content (AvgIpc) is 3.10. The Morgan fingerprint density at radius 3 is 2.71 bits per heavy atom. The van der Waals surface area contributed by atoms with E-state index >= 15 is 0 Å². The second-order valence-electron chi connectivity index (χ2n) is 7.06. The number of urea groups is 1. The second kappa shape index (κ2) is 7.80. The van der Waals surface area contributed by atoms with Crippen molar-refractivity contribution in [1.29, 1.82) is 0 Å². The highest BCUT2D eigenvalue weighted by Crippen LogP contribution is 2.24. The van der Waals surface area contributed by atoms with E-state index in [1.807, 2.05) is 26.8 Å². The molecule has 28 heavy (non-hydrogen) atoms. The molecule has 2 heterocycles. The van der Waals surface area contributed by atoms with Crippen LogP contribution in [0.3, 0.4) is 0 Å². The molecule has 3 rings (SSSR count). The highest BCUT2D eigenvalue weighted by atomic mass is 16.5. The number of nitrogens with zero attached hydrogens (tertiary/aromatic N) is 3. The van der Waals surface area contributed by atoms with Crippen LogP contribution in [0.1, 0.15) is 37.7 Å². The van der Waals surface area contributed by atoms with Crippen LogP contribution in [0, 0.1) is 11.8 Å². The summed E-state index contributed by atoms with van der Waals surface area (Å²) in [5, 5.41) is 9.24. The largest absolute Gasteiger partial charge is 0.383 e. The first-order chi connectivity index (χ1) is 13.3. The quantitative estimate of drug-likeness (QED) is 0.590. The first-order valence-electron chi connectivity index (χ1n) is 8.54. The van der Waals surface area contributed by atoms with Gasteiger partial charge in [0.15, 0.2) is 5.82 Å². The highest BCUT2D eigenvalue weighted by molar-refractivity contribution is 5.99. The lowest BCUT2D eigenvalue weighted by molar-refractivity contribution is 0.262. The van der Waals surface area contributed by atoms with Gasteiger partial charge in [-0.2, -0.15) is 0 Å². The van der Waals surface area contributed by atoms with E-state index < -0.39 is 6.03 Å². The van der Waals surface area contributed by atoms with Crippen LogP contribution in [0.2, 0.25) is 0 Å². The Hall–Kier alpha value is -3.86. The van der Waals surface area contributed by atoms with Gasteiger partial charge in [0.05, 0.1) is 5.56 Å². The summed E-state index contributed by atoms with van der Waals surface area (Å²) in [5.41, 5.74) is 7.39. The molecule has 0 aliphatic heterocycles.